The van der Waals surface area contributed by atoms with Crippen LogP contribution in [0.5, 0.6) is 0 Å². The van der Waals surface area contributed by atoms with Crippen LogP contribution >= 0.6 is 15.9 Å². The summed E-state index contributed by atoms with van der Waals surface area (Å²) in [6, 6.07) is 7.77. The summed E-state index contributed by atoms with van der Waals surface area (Å²) in [5, 5.41) is 18.5. The molecule has 0 amide bonds. The van der Waals surface area contributed by atoms with Crippen LogP contribution in [0.1, 0.15) is 12.5 Å². The van der Waals surface area contributed by atoms with E-state index in [1.165, 1.54) is 6.92 Å². The number of carbonyl (C=O) groups is 1. The van der Waals surface area contributed by atoms with E-state index >= 15 is 0 Å². The molecule has 0 aliphatic heterocycles. The number of halogens is 1. The van der Waals surface area contributed by atoms with E-state index in [0.717, 1.165) is 10.0 Å². The zero-order valence-corrected chi connectivity index (χ0v) is 11.4. The first-order valence-corrected chi connectivity index (χ1v) is 5.99. The standard InChI is InChI=1S/C12H16BrNO3/c1-12(17,11(15)16)8-14(2)7-9-4-3-5-10(13)6-9/h3-6,17H,7-8H2,1-2H3,(H,15,16). The van der Waals surface area contributed by atoms with Crippen molar-refractivity contribution >= 4 is 21.9 Å². The number of hydrogen-bond donors (Lipinski definition) is 2. The van der Waals surface area contributed by atoms with Crippen LogP contribution in [-0.4, -0.2) is 40.3 Å². The van der Waals surface area contributed by atoms with Crippen molar-refractivity contribution in [2.45, 2.75) is 19.1 Å². The quantitative estimate of drug-likeness (QED) is 0.869. The van der Waals surface area contributed by atoms with Gasteiger partial charge in [-0.15, -0.1) is 0 Å². The molecule has 2 N–H and O–H groups in total. The highest BCUT2D eigenvalue weighted by atomic mass is 79.9. The van der Waals surface area contributed by atoms with E-state index in [4.69, 9.17) is 5.11 Å². The first-order valence-electron chi connectivity index (χ1n) is 5.20. The summed E-state index contributed by atoms with van der Waals surface area (Å²) in [5.74, 6) is -1.21. The lowest BCUT2D eigenvalue weighted by atomic mass is 10.1. The minimum absolute atomic E-state index is 0.0782. The Morgan fingerprint density at radius 3 is 2.71 bits per heavy atom. The molecule has 0 bridgehead atoms. The van der Waals surface area contributed by atoms with Gasteiger partial charge in [-0.05, 0) is 31.7 Å². The van der Waals surface area contributed by atoms with Crippen LogP contribution < -0.4 is 0 Å². The van der Waals surface area contributed by atoms with E-state index in [1.54, 1.807) is 11.9 Å². The molecule has 1 aromatic rings. The maximum absolute atomic E-state index is 10.8. The molecule has 17 heavy (non-hydrogen) atoms. The summed E-state index contributed by atoms with van der Waals surface area (Å²) >= 11 is 3.37. The van der Waals surface area contributed by atoms with Gasteiger partial charge in [0.1, 0.15) is 0 Å². The molecule has 0 aliphatic carbocycles. The highest BCUT2D eigenvalue weighted by Crippen LogP contribution is 2.14. The van der Waals surface area contributed by atoms with Gasteiger partial charge in [0.05, 0.1) is 0 Å². The second kappa shape index (κ2) is 5.62. The molecule has 0 saturated heterocycles. The van der Waals surface area contributed by atoms with Crippen molar-refractivity contribution in [3.63, 3.8) is 0 Å². The topological polar surface area (TPSA) is 60.8 Å². The third-order valence-corrected chi connectivity index (χ3v) is 2.87. The molecule has 4 nitrogen and oxygen atoms in total. The number of carboxylic acids is 1. The maximum atomic E-state index is 10.8. The van der Waals surface area contributed by atoms with Crippen molar-refractivity contribution in [3.8, 4) is 0 Å². The number of likely N-dealkylation sites (N-methyl/N-ethyl adjacent to an activating group) is 1. The Morgan fingerprint density at radius 2 is 2.18 bits per heavy atom. The van der Waals surface area contributed by atoms with Crippen molar-refractivity contribution in [2.24, 2.45) is 0 Å². The number of benzene rings is 1. The van der Waals surface area contributed by atoms with Crippen LogP contribution in [0, 0.1) is 0 Å². The molecule has 0 spiro atoms. The fourth-order valence-electron chi connectivity index (χ4n) is 1.60. The molecule has 94 valence electrons. The zero-order valence-electron chi connectivity index (χ0n) is 9.85. The Bertz CT molecular complexity index is 406. The Morgan fingerprint density at radius 1 is 1.53 bits per heavy atom. The van der Waals surface area contributed by atoms with Crippen LogP contribution in [0.3, 0.4) is 0 Å². The average Bonchev–Trinajstić information content (AvgIpc) is 2.15. The lowest BCUT2D eigenvalue weighted by molar-refractivity contribution is -0.158. The smallest absolute Gasteiger partial charge is 0.336 e. The molecule has 0 aromatic heterocycles. The molecular weight excluding hydrogens is 286 g/mol. The zero-order chi connectivity index (χ0) is 13.1. The molecule has 0 aliphatic rings. The largest absolute Gasteiger partial charge is 0.479 e. The first kappa shape index (κ1) is 14.2. The second-order valence-corrected chi connectivity index (χ2v) is 5.30. The van der Waals surface area contributed by atoms with Gasteiger partial charge in [0, 0.05) is 17.6 Å². The van der Waals surface area contributed by atoms with Crippen molar-refractivity contribution in [3.05, 3.63) is 34.3 Å². The monoisotopic (exact) mass is 301 g/mol. The summed E-state index contributed by atoms with van der Waals surface area (Å²) in [5.41, 5.74) is -0.663. The lowest BCUT2D eigenvalue weighted by Crippen LogP contribution is -2.45. The predicted molar refractivity (Wildman–Crippen MR) is 68.7 cm³/mol. The molecule has 0 fully saturated rings. The van der Waals surface area contributed by atoms with Crippen LogP contribution in [0.15, 0.2) is 28.7 Å². The van der Waals surface area contributed by atoms with E-state index < -0.39 is 11.6 Å². The van der Waals surface area contributed by atoms with Gasteiger partial charge in [-0.3, -0.25) is 4.90 Å². The van der Waals surface area contributed by atoms with Crippen LogP contribution in [0.25, 0.3) is 0 Å². The Labute approximate surface area is 109 Å². The third-order valence-electron chi connectivity index (χ3n) is 2.38. The van der Waals surface area contributed by atoms with E-state index in [9.17, 15) is 9.90 Å². The summed E-state index contributed by atoms with van der Waals surface area (Å²) in [4.78, 5) is 12.6. The lowest BCUT2D eigenvalue weighted by Gasteiger charge is -2.25. The van der Waals surface area contributed by atoms with Gasteiger partial charge in [-0.25, -0.2) is 4.79 Å². The Kier molecular flexibility index (Phi) is 4.68. The summed E-state index contributed by atoms with van der Waals surface area (Å²) in [6.07, 6.45) is 0. The van der Waals surface area contributed by atoms with E-state index in [-0.39, 0.29) is 6.54 Å². The van der Waals surface area contributed by atoms with Gasteiger partial charge in [-0.1, -0.05) is 28.1 Å². The number of hydrogen-bond acceptors (Lipinski definition) is 3. The van der Waals surface area contributed by atoms with Gasteiger partial charge < -0.3 is 10.2 Å². The van der Waals surface area contributed by atoms with E-state index in [1.807, 2.05) is 24.3 Å². The highest BCUT2D eigenvalue weighted by molar-refractivity contribution is 9.10. The van der Waals surface area contributed by atoms with Gasteiger partial charge in [0.2, 0.25) is 0 Å². The van der Waals surface area contributed by atoms with Crippen LogP contribution in [0.4, 0.5) is 0 Å². The van der Waals surface area contributed by atoms with Gasteiger partial charge in [-0.2, -0.15) is 0 Å². The molecule has 0 radical (unpaired) electrons. The fourth-order valence-corrected chi connectivity index (χ4v) is 2.04. The highest BCUT2D eigenvalue weighted by Gasteiger charge is 2.31. The molecule has 0 heterocycles. The third kappa shape index (κ3) is 4.46. The first-order chi connectivity index (χ1) is 7.81. The Hall–Kier alpha value is -0.910. The van der Waals surface area contributed by atoms with Gasteiger partial charge >= 0.3 is 5.97 Å². The number of nitrogens with zero attached hydrogens (tertiary/aromatic N) is 1. The second-order valence-electron chi connectivity index (χ2n) is 4.38. The summed E-state index contributed by atoms with van der Waals surface area (Å²) in [6.45, 7) is 1.96. The summed E-state index contributed by atoms with van der Waals surface area (Å²) < 4.78 is 0.980. The fraction of sp³-hybridized carbons (Fsp3) is 0.417. The summed E-state index contributed by atoms with van der Waals surface area (Å²) in [7, 11) is 1.78. The predicted octanol–water partition coefficient (Wildman–Crippen LogP) is 1.72. The minimum Gasteiger partial charge on any atom is -0.479 e. The SMILES string of the molecule is CN(Cc1cccc(Br)c1)CC(C)(O)C(=O)O. The van der Waals surface area contributed by atoms with Crippen LogP contribution in [0.2, 0.25) is 0 Å². The van der Waals surface area contributed by atoms with Crippen LogP contribution in [-0.2, 0) is 11.3 Å². The van der Waals surface area contributed by atoms with Crippen molar-refractivity contribution < 1.29 is 15.0 Å². The minimum atomic E-state index is -1.72. The van der Waals surface area contributed by atoms with Crippen molar-refractivity contribution in [1.82, 2.24) is 4.90 Å². The molecule has 1 aromatic carbocycles. The molecule has 1 unspecified atom stereocenters. The van der Waals surface area contributed by atoms with Crippen molar-refractivity contribution in [2.75, 3.05) is 13.6 Å². The van der Waals surface area contributed by atoms with Gasteiger partial charge in [0.15, 0.2) is 5.60 Å². The normalized spacial score (nSPS) is 14.6. The molecule has 0 saturated carbocycles. The number of aliphatic hydroxyl groups is 1. The maximum Gasteiger partial charge on any atom is 0.336 e. The molecule has 1 atom stereocenters. The molecular formula is C12H16BrNO3. The number of carboxylic acid groups (broad SMARTS) is 1. The van der Waals surface area contributed by atoms with E-state index in [0.29, 0.717) is 6.54 Å². The Balaban J connectivity index is 2.61. The van der Waals surface area contributed by atoms with Crippen molar-refractivity contribution in [1.29, 1.82) is 0 Å². The van der Waals surface area contributed by atoms with E-state index in [2.05, 4.69) is 15.9 Å². The molecule has 5 heteroatoms. The molecule has 1 rings (SSSR count). The number of aliphatic carboxylic acids is 1. The average molecular weight is 302 g/mol. The number of rotatable bonds is 5. The van der Waals surface area contributed by atoms with Gasteiger partial charge in [0.25, 0.3) is 0 Å².